The lowest BCUT2D eigenvalue weighted by molar-refractivity contribution is -0.00765. The summed E-state index contributed by atoms with van der Waals surface area (Å²) in [5.74, 6) is 2.72. The van der Waals surface area contributed by atoms with Crippen LogP contribution in [0, 0.1) is 24.7 Å². The molecule has 0 saturated heterocycles. The number of aryl methyl sites for hydroxylation is 1. The monoisotopic (exact) mass is 525 g/mol. The van der Waals surface area contributed by atoms with Crippen LogP contribution >= 0.6 is 11.6 Å². The minimum atomic E-state index is -0.134. The summed E-state index contributed by atoms with van der Waals surface area (Å²) in [5, 5.41) is 13.6. The van der Waals surface area contributed by atoms with Gasteiger partial charge in [-0.25, -0.2) is 4.68 Å². The Morgan fingerprint density at radius 3 is 2.37 bits per heavy atom. The van der Waals surface area contributed by atoms with E-state index in [2.05, 4.69) is 5.32 Å². The average Bonchev–Trinajstić information content (AvgIpc) is 3.48. The van der Waals surface area contributed by atoms with Gasteiger partial charge in [0.1, 0.15) is 0 Å². The lowest BCUT2D eigenvalue weighted by Crippen LogP contribution is -2.49. The molecule has 4 aromatic rings. The van der Waals surface area contributed by atoms with E-state index in [-0.39, 0.29) is 11.3 Å². The summed E-state index contributed by atoms with van der Waals surface area (Å²) in [4.78, 5) is 13.9. The maximum absolute atomic E-state index is 13.9. The molecule has 2 aromatic carbocycles. The Morgan fingerprint density at radius 2 is 1.68 bits per heavy atom. The number of aromatic nitrogens is 4. The summed E-state index contributed by atoms with van der Waals surface area (Å²) in [6.45, 7) is 2.59. The lowest BCUT2D eigenvalue weighted by Gasteiger charge is -2.56. The van der Waals surface area contributed by atoms with Crippen LogP contribution in [0.4, 0.5) is 5.82 Å². The number of nitrogens with zero attached hydrogens (tertiary/aromatic N) is 4. The Morgan fingerprint density at radius 1 is 0.974 bits per heavy atom. The lowest BCUT2D eigenvalue weighted by atomic mass is 9.48. The molecule has 4 bridgehead atoms. The van der Waals surface area contributed by atoms with Gasteiger partial charge in [-0.1, -0.05) is 41.9 Å². The molecule has 2 aromatic heterocycles. The number of rotatable bonds is 6. The topological polar surface area (TPSA) is 64.7 Å². The van der Waals surface area contributed by atoms with E-state index in [1.807, 2.05) is 83.1 Å². The van der Waals surface area contributed by atoms with Crippen LogP contribution in [0.15, 0.2) is 66.9 Å². The number of halogens is 1. The summed E-state index contributed by atoms with van der Waals surface area (Å²) >= 11 is 6.17. The van der Waals surface area contributed by atoms with Gasteiger partial charge in [-0.3, -0.25) is 9.48 Å². The van der Waals surface area contributed by atoms with Gasteiger partial charge >= 0.3 is 0 Å². The molecule has 38 heavy (non-hydrogen) atoms. The normalized spacial score (nSPS) is 25.6. The van der Waals surface area contributed by atoms with E-state index >= 15 is 0 Å². The van der Waals surface area contributed by atoms with Crippen molar-refractivity contribution >= 4 is 23.3 Å². The maximum Gasteiger partial charge on any atom is 0.260 e. The quantitative estimate of drug-likeness (QED) is 0.301. The van der Waals surface area contributed by atoms with E-state index in [1.165, 1.54) is 19.3 Å². The fraction of sp³-hybridized carbons (Fsp3) is 0.387. The molecular weight excluding hydrogens is 494 g/mol. The molecule has 0 atom stereocenters. The van der Waals surface area contributed by atoms with Crippen LogP contribution in [0.1, 0.15) is 65.8 Å². The molecular formula is C31H32ClN5O. The van der Waals surface area contributed by atoms with Crippen molar-refractivity contribution in [2.75, 3.05) is 5.32 Å². The third kappa shape index (κ3) is 4.25. The largest absolute Gasteiger partial charge is 0.305 e. The highest BCUT2D eigenvalue weighted by Crippen LogP contribution is 2.60. The zero-order chi connectivity index (χ0) is 25.9. The van der Waals surface area contributed by atoms with Gasteiger partial charge in [-0.15, -0.1) is 0 Å². The zero-order valence-corrected chi connectivity index (χ0v) is 22.4. The number of hydrogen-bond donors (Lipinski definition) is 1. The van der Waals surface area contributed by atoms with Gasteiger partial charge in [0.25, 0.3) is 5.91 Å². The number of hydrogen-bond acceptors (Lipinski definition) is 3. The van der Waals surface area contributed by atoms with Gasteiger partial charge in [-0.05, 0) is 93.0 Å². The highest BCUT2D eigenvalue weighted by Gasteiger charge is 2.54. The van der Waals surface area contributed by atoms with Crippen LogP contribution in [0.25, 0.3) is 5.69 Å². The number of benzene rings is 2. The molecule has 4 saturated carbocycles. The van der Waals surface area contributed by atoms with Crippen molar-refractivity contribution in [1.29, 1.82) is 0 Å². The Hall–Kier alpha value is -3.38. The molecule has 1 amide bonds. The summed E-state index contributed by atoms with van der Waals surface area (Å²) in [7, 11) is 0. The second kappa shape index (κ2) is 9.12. The van der Waals surface area contributed by atoms with E-state index in [9.17, 15) is 4.79 Å². The number of carbonyl (C=O) groups is 1. The van der Waals surface area contributed by atoms with Crippen molar-refractivity contribution in [3.63, 3.8) is 0 Å². The first kappa shape index (κ1) is 23.7. The van der Waals surface area contributed by atoms with E-state index in [0.717, 1.165) is 59.7 Å². The van der Waals surface area contributed by atoms with Crippen LogP contribution in [0.2, 0.25) is 5.02 Å². The molecule has 8 rings (SSSR count). The van der Waals surface area contributed by atoms with E-state index in [1.54, 1.807) is 0 Å². The predicted molar refractivity (Wildman–Crippen MR) is 149 cm³/mol. The Labute approximate surface area is 228 Å². The molecule has 4 fully saturated rings. The molecule has 1 N–H and O–H groups in total. The van der Waals surface area contributed by atoms with Crippen molar-refractivity contribution in [2.24, 2.45) is 17.8 Å². The number of anilines is 1. The van der Waals surface area contributed by atoms with Crippen molar-refractivity contribution in [3.05, 3.63) is 94.4 Å². The van der Waals surface area contributed by atoms with Crippen LogP contribution in [-0.4, -0.2) is 25.5 Å². The van der Waals surface area contributed by atoms with Gasteiger partial charge in [0.2, 0.25) is 0 Å². The average molecular weight is 526 g/mol. The van der Waals surface area contributed by atoms with Crippen LogP contribution < -0.4 is 5.32 Å². The third-order valence-electron chi connectivity index (χ3n) is 8.96. The van der Waals surface area contributed by atoms with Gasteiger partial charge in [-0.2, -0.15) is 10.2 Å². The Balaban J connectivity index is 1.21. The summed E-state index contributed by atoms with van der Waals surface area (Å²) in [6.07, 6.45) is 9.43. The molecule has 0 aliphatic heterocycles. The van der Waals surface area contributed by atoms with Gasteiger partial charge in [0.15, 0.2) is 5.82 Å². The second-order valence-corrected chi connectivity index (χ2v) is 12.2. The first-order valence-electron chi connectivity index (χ1n) is 13.7. The first-order valence-corrected chi connectivity index (χ1v) is 14.1. The SMILES string of the molecule is Cc1cc(NC(=O)c2cn(-c3ccccc3)nc2C23CC4CC(CC(C4)C2)C3)nn1Cc1cccc(Cl)c1. The molecule has 194 valence electrons. The third-order valence-corrected chi connectivity index (χ3v) is 9.20. The number of amides is 1. The standard InChI is InChI=1S/C31H32ClN5O/c1-20-10-28(34-36(20)18-21-6-5-7-25(32)14-21)33-30(38)27-19-37(26-8-3-2-4-9-26)35-29(27)31-15-22-11-23(16-31)13-24(12-22)17-31/h2-10,14,19,22-24H,11-13,15-18H2,1H3,(H,33,34,38). The highest BCUT2D eigenvalue weighted by atomic mass is 35.5. The van der Waals surface area contributed by atoms with Gasteiger partial charge < -0.3 is 5.32 Å². The molecule has 4 aliphatic rings. The van der Waals surface area contributed by atoms with Crippen molar-refractivity contribution in [2.45, 2.75) is 57.4 Å². The van der Waals surface area contributed by atoms with Crippen molar-refractivity contribution in [3.8, 4) is 5.69 Å². The van der Waals surface area contributed by atoms with Crippen LogP contribution in [0.3, 0.4) is 0 Å². The predicted octanol–water partition coefficient (Wildman–Crippen LogP) is 6.80. The fourth-order valence-electron chi connectivity index (χ4n) is 7.77. The first-order chi connectivity index (χ1) is 18.4. The molecule has 7 heteroatoms. The number of nitrogens with one attached hydrogen (secondary N) is 1. The highest BCUT2D eigenvalue weighted by molar-refractivity contribution is 6.30. The summed E-state index contributed by atoms with van der Waals surface area (Å²) < 4.78 is 3.79. The second-order valence-electron chi connectivity index (χ2n) is 11.8. The Bertz CT molecular complexity index is 1470. The minimum absolute atomic E-state index is 0.00328. The van der Waals surface area contributed by atoms with Gasteiger partial charge in [0.05, 0.1) is 23.5 Å². The van der Waals surface area contributed by atoms with Crippen LogP contribution in [-0.2, 0) is 12.0 Å². The van der Waals surface area contributed by atoms with Crippen LogP contribution in [0.5, 0.6) is 0 Å². The van der Waals surface area contributed by atoms with Gasteiger partial charge in [0, 0.05) is 28.4 Å². The number of carbonyl (C=O) groups excluding carboxylic acids is 1. The van der Waals surface area contributed by atoms with E-state index < -0.39 is 0 Å². The molecule has 0 radical (unpaired) electrons. The molecule has 0 spiro atoms. The smallest absolute Gasteiger partial charge is 0.260 e. The zero-order valence-electron chi connectivity index (χ0n) is 21.6. The number of para-hydroxylation sites is 1. The summed E-state index contributed by atoms with van der Waals surface area (Å²) in [6, 6.07) is 19.8. The van der Waals surface area contributed by atoms with Crippen molar-refractivity contribution in [1.82, 2.24) is 19.6 Å². The van der Waals surface area contributed by atoms with E-state index in [0.29, 0.717) is 22.9 Å². The minimum Gasteiger partial charge on any atom is -0.305 e. The molecule has 6 nitrogen and oxygen atoms in total. The molecule has 4 aliphatic carbocycles. The summed E-state index contributed by atoms with van der Waals surface area (Å²) in [5.41, 5.74) is 4.67. The van der Waals surface area contributed by atoms with Crippen molar-refractivity contribution < 1.29 is 4.79 Å². The molecule has 2 heterocycles. The Kier molecular flexibility index (Phi) is 5.69. The molecule has 0 unspecified atom stereocenters. The maximum atomic E-state index is 13.9. The fourth-order valence-corrected chi connectivity index (χ4v) is 7.98. The van der Waals surface area contributed by atoms with E-state index in [4.69, 9.17) is 21.8 Å².